The van der Waals surface area contributed by atoms with Crippen LogP contribution >= 0.6 is 35.0 Å². The highest BCUT2D eigenvalue weighted by molar-refractivity contribution is 8.02. The second-order valence-electron chi connectivity index (χ2n) is 11.2. The molecule has 46 heavy (non-hydrogen) atoms. The van der Waals surface area contributed by atoms with E-state index < -0.39 is 27.5 Å². The molecule has 1 aliphatic carbocycles. The number of rotatable bonds is 11. The smallest absolute Gasteiger partial charge is 0.335 e. The summed E-state index contributed by atoms with van der Waals surface area (Å²) in [5.74, 6) is 0.359. The van der Waals surface area contributed by atoms with E-state index in [1.807, 2.05) is 0 Å². The van der Waals surface area contributed by atoms with E-state index in [2.05, 4.69) is 4.98 Å². The van der Waals surface area contributed by atoms with Gasteiger partial charge in [-0.3, -0.25) is 9.78 Å². The molecule has 10 nitrogen and oxygen atoms in total. The van der Waals surface area contributed by atoms with Gasteiger partial charge in [0.25, 0.3) is 5.91 Å². The third-order valence-corrected chi connectivity index (χ3v) is 11.7. The van der Waals surface area contributed by atoms with Gasteiger partial charge < -0.3 is 19.1 Å². The quantitative estimate of drug-likeness (QED) is 0.221. The van der Waals surface area contributed by atoms with Gasteiger partial charge in [-0.25, -0.2) is 13.2 Å². The van der Waals surface area contributed by atoms with Crippen molar-refractivity contribution in [3.8, 4) is 11.5 Å². The molecule has 1 aliphatic heterocycles. The van der Waals surface area contributed by atoms with Crippen molar-refractivity contribution in [1.29, 1.82) is 0 Å². The summed E-state index contributed by atoms with van der Waals surface area (Å²) in [5.41, 5.74) is 1.34. The van der Waals surface area contributed by atoms with Gasteiger partial charge in [0, 0.05) is 50.8 Å². The number of aromatic nitrogens is 1. The first-order valence-electron chi connectivity index (χ1n) is 14.8. The molecule has 14 heteroatoms. The van der Waals surface area contributed by atoms with Gasteiger partial charge in [0.15, 0.2) is 16.9 Å². The Kier molecular flexibility index (Phi) is 11.0. The number of methoxy groups -OCH3 is 1. The zero-order valence-corrected chi connectivity index (χ0v) is 28.8. The zero-order chi connectivity index (χ0) is 33.0. The lowest BCUT2D eigenvalue weighted by atomic mass is 10.0. The van der Waals surface area contributed by atoms with Crippen LogP contribution in [0.5, 0.6) is 11.5 Å². The van der Waals surface area contributed by atoms with E-state index in [9.17, 15) is 18.0 Å². The van der Waals surface area contributed by atoms with Crippen molar-refractivity contribution in [2.24, 2.45) is 0 Å². The summed E-state index contributed by atoms with van der Waals surface area (Å²) in [7, 11) is 0.567. The maximum atomic E-state index is 13.9. The van der Waals surface area contributed by atoms with Gasteiger partial charge in [0.2, 0.25) is 10.0 Å². The van der Waals surface area contributed by atoms with Crippen LogP contribution < -0.4 is 9.47 Å². The molecule has 0 radical (unpaired) electrons. The van der Waals surface area contributed by atoms with E-state index in [0.717, 1.165) is 30.0 Å². The normalized spacial score (nSPS) is 17.9. The summed E-state index contributed by atoms with van der Waals surface area (Å²) >= 11 is 14.1. The van der Waals surface area contributed by atoms with Crippen molar-refractivity contribution in [3.63, 3.8) is 0 Å². The molecule has 1 amide bonds. The van der Waals surface area contributed by atoms with Crippen molar-refractivity contribution in [3.05, 3.63) is 81.6 Å². The molecule has 2 atom stereocenters. The molecule has 2 heterocycles. The van der Waals surface area contributed by atoms with Crippen LogP contribution in [0, 0.1) is 0 Å². The topological polar surface area (TPSA) is 115 Å². The average Bonchev–Trinajstić information content (AvgIpc) is 3.75. The summed E-state index contributed by atoms with van der Waals surface area (Å²) < 4.78 is 46.7. The number of carbonyl (C=O) groups is 2. The number of thioether (sulfide) groups is 1. The molecule has 2 aliphatic rings. The highest BCUT2D eigenvalue weighted by Crippen LogP contribution is 2.39. The van der Waals surface area contributed by atoms with E-state index >= 15 is 0 Å². The van der Waals surface area contributed by atoms with E-state index in [1.54, 1.807) is 45.5 Å². The van der Waals surface area contributed by atoms with Crippen LogP contribution in [0.2, 0.25) is 10.0 Å². The van der Waals surface area contributed by atoms with E-state index in [0.29, 0.717) is 38.4 Å². The lowest BCUT2D eigenvalue weighted by Gasteiger charge is -2.26. The third-order valence-electron chi connectivity index (χ3n) is 7.90. The standard InChI is InChI=1S/C32H35Cl2N3O7S2/c1-36(2)30(38)21-7-6-10-23(15-21)46(40,41)37-13-14-45-31(37)32(39)44-28(17-24-25(33)18-35-19-26(24)34)20-11-12-27(42-3)29(16-20)43-22-8-4-5-9-22/h6-7,10-12,15-16,18-19,22,28,31H,4-5,8-9,13-14,17H2,1-3H3/t28?,31-/m0/s1. The van der Waals surface area contributed by atoms with Gasteiger partial charge in [-0.2, -0.15) is 4.31 Å². The first-order valence-corrected chi connectivity index (χ1v) is 18.0. The van der Waals surface area contributed by atoms with Crippen molar-refractivity contribution in [1.82, 2.24) is 14.2 Å². The fourth-order valence-corrected chi connectivity index (χ4v) is 9.10. The zero-order valence-electron chi connectivity index (χ0n) is 25.6. The number of sulfonamides is 1. The fourth-order valence-electron chi connectivity index (χ4n) is 5.49. The third kappa shape index (κ3) is 7.57. The van der Waals surface area contributed by atoms with Gasteiger partial charge >= 0.3 is 5.97 Å². The number of nitrogens with zero attached hydrogens (tertiary/aromatic N) is 3. The van der Waals surface area contributed by atoms with Gasteiger partial charge in [-0.1, -0.05) is 35.3 Å². The van der Waals surface area contributed by atoms with Crippen molar-refractivity contribution >= 4 is 56.9 Å². The predicted octanol–water partition coefficient (Wildman–Crippen LogP) is 6.01. The van der Waals surface area contributed by atoms with E-state index in [1.165, 1.54) is 47.3 Å². The van der Waals surface area contributed by atoms with Gasteiger partial charge in [0.1, 0.15) is 6.10 Å². The minimum Gasteiger partial charge on any atom is -0.493 e. The Morgan fingerprint density at radius 1 is 1.07 bits per heavy atom. The Morgan fingerprint density at radius 2 is 1.78 bits per heavy atom. The van der Waals surface area contributed by atoms with Gasteiger partial charge in [0.05, 0.1) is 28.2 Å². The van der Waals surface area contributed by atoms with Crippen LogP contribution in [0.4, 0.5) is 0 Å². The van der Waals surface area contributed by atoms with Crippen molar-refractivity contribution in [2.45, 2.75) is 54.6 Å². The number of halogens is 2. The molecule has 1 saturated heterocycles. The Hall–Kier alpha value is -3.03. The van der Waals surface area contributed by atoms with Crippen LogP contribution in [-0.2, 0) is 26.0 Å². The van der Waals surface area contributed by atoms with Crippen LogP contribution in [0.1, 0.15) is 53.3 Å². The number of ether oxygens (including phenoxy) is 3. The lowest BCUT2D eigenvalue weighted by Crippen LogP contribution is -2.40. The molecule has 3 aromatic rings. The molecular weight excluding hydrogens is 673 g/mol. The van der Waals surface area contributed by atoms with Crippen LogP contribution in [0.15, 0.2) is 59.8 Å². The molecule has 0 spiro atoms. The SMILES string of the molecule is COc1ccc(C(Cc2c(Cl)cncc2Cl)OC(=O)[C@@H]2SCCN2S(=O)(=O)c2cccc(C(=O)N(C)C)c2)cc1OC1CCCC1. The summed E-state index contributed by atoms with van der Waals surface area (Å²) in [6.45, 7) is 0.0905. The molecular formula is C32H35Cl2N3O7S2. The van der Waals surface area contributed by atoms with Crippen LogP contribution in [0.3, 0.4) is 0 Å². The number of esters is 1. The van der Waals surface area contributed by atoms with Crippen LogP contribution in [0.25, 0.3) is 0 Å². The monoisotopic (exact) mass is 707 g/mol. The number of hydrogen-bond donors (Lipinski definition) is 0. The molecule has 0 bridgehead atoms. The summed E-state index contributed by atoms with van der Waals surface area (Å²) in [5, 5.41) is -0.552. The maximum Gasteiger partial charge on any atom is 0.335 e. The number of carbonyl (C=O) groups excluding carboxylic acids is 2. The average molecular weight is 709 g/mol. The molecule has 1 aromatic heterocycles. The lowest BCUT2D eigenvalue weighted by molar-refractivity contribution is -0.150. The van der Waals surface area contributed by atoms with Crippen molar-refractivity contribution < 1.29 is 32.2 Å². The Balaban J connectivity index is 1.45. The Morgan fingerprint density at radius 3 is 2.46 bits per heavy atom. The number of amides is 1. The summed E-state index contributed by atoms with van der Waals surface area (Å²) in [4.78, 5) is 31.7. The van der Waals surface area contributed by atoms with Crippen molar-refractivity contribution in [2.75, 3.05) is 33.5 Å². The largest absolute Gasteiger partial charge is 0.493 e. The van der Waals surface area contributed by atoms with Crippen LogP contribution in [-0.4, -0.2) is 79.5 Å². The second-order valence-corrected chi connectivity index (χ2v) is 15.1. The Labute approximate surface area is 283 Å². The molecule has 246 valence electrons. The second kappa shape index (κ2) is 14.8. The summed E-state index contributed by atoms with van der Waals surface area (Å²) in [6.07, 6.45) is 6.19. The molecule has 2 fully saturated rings. The maximum absolute atomic E-state index is 13.9. The van der Waals surface area contributed by atoms with E-state index in [4.69, 9.17) is 37.4 Å². The highest BCUT2D eigenvalue weighted by Gasteiger charge is 2.42. The molecule has 2 aromatic carbocycles. The Bertz CT molecular complexity index is 1680. The minimum absolute atomic E-state index is 0.0504. The molecule has 5 rings (SSSR count). The predicted molar refractivity (Wildman–Crippen MR) is 177 cm³/mol. The first kappa shape index (κ1) is 34.3. The number of hydrogen-bond acceptors (Lipinski definition) is 9. The first-order chi connectivity index (χ1) is 22.0. The fraction of sp³-hybridized carbons (Fsp3) is 0.406. The number of pyridine rings is 1. The summed E-state index contributed by atoms with van der Waals surface area (Å²) in [6, 6.07) is 11.1. The molecule has 0 N–H and O–H groups in total. The van der Waals surface area contributed by atoms with Gasteiger partial charge in [-0.05, 0) is 67.1 Å². The van der Waals surface area contributed by atoms with Gasteiger partial charge in [-0.15, -0.1) is 11.8 Å². The molecule has 1 unspecified atom stereocenters. The number of benzene rings is 2. The van der Waals surface area contributed by atoms with E-state index in [-0.39, 0.29) is 35.4 Å². The minimum atomic E-state index is -4.16. The highest BCUT2D eigenvalue weighted by atomic mass is 35.5. The molecule has 1 saturated carbocycles.